The van der Waals surface area contributed by atoms with Crippen molar-refractivity contribution in [2.75, 3.05) is 17.3 Å². The van der Waals surface area contributed by atoms with Gasteiger partial charge in [-0.1, -0.05) is 29.8 Å². The van der Waals surface area contributed by atoms with Crippen molar-refractivity contribution in [3.05, 3.63) is 65.3 Å². The van der Waals surface area contributed by atoms with E-state index in [9.17, 15) is 13.2 Å². The third-order valence-electron chi connectivity index (χ3n) is 3.57. The van der Waals surface area contributed by atoms with Crippen molar-refractivity contribution in [2.24, 2.45) is 0 Å². The van der Waals surface area contributed by atoms with Crippen LogP contribution in [0.1, 0.15) is 5.56 Å². The Bertz CT molecular complexity index is 902. The number of halogens is 4. The molecule has 0 atom stereocenters. The molecule has 5 nitrogen and oxygen atoms in total. The van der Waals surface area contributed by atoms with Crippen LogP contribution >= 0.6 is 11.6 Å². The summed E-state index contributed by atoms with van der Waals surface area (Å²) < 4.78 is 39.6. The van der Waals surface area contributed by atoms with Crippen LogP contribution in [-0.4, -0.2) is 22.2 Å². The minimum Gasteiger partial charge on any atom is -0.328 e. The number of hydrogen-bond donors (Lipinski definition) is 1. The van der Waals surface area contributed by atoms with E-state index >= 15 is 0 Å². The summed E-state index contributed by atoms with van der Waals surface area (Å²) in [4.78, 5) is 5.97. The summed E-state index contributed by atoms with van der Waals surface area (Å²) in [5.74, 6) is 0.370. The fraction of sp³-hybridized carbons (Fsp3) is 0.118. The Morgan fingerprint density at radius 2 is 1.81 bits per heavy atom. The van der Waals surface area contributed by atoms with Gasteiger partial charge < -0.3 is 10.2 Å². The molecule has 134 valence electrons. The number of hydrogen-bond acceptors (Lipinski definition) is 5. The van der Waals surface area contributed by atoms with Crippen LogP contribution in [-0.2, 0) is 6.18 Å². The van der Waals surface area contributed by atoms with Gasteiger partial charge in [0.15, 0.2) is 5.82 Å². The fourth-order valence-corrected chi connectivity index (χ4v) is 2.45. The molecule has 3 rings (SSSR count). The van der Waals surface area contributed by atoms with Crippen LogP contribution in [0, 0.1) is 0 Å². The van der Waals surface area contributed by atoms with Gasteiger partial charge >= 0.3 is 6.18 Å². The molecule has 9 heteroatoms. The van der Waals surface area contributed by atoms with Crippen LogP contribution in [0.5, 0.6) is 0 Å². The third-order valence-corrected chi connectivity index (χ3v) is 3.80. The van der Waals surface area contributed by atoms with E-state index in [0.29, 0.717) is 5.82 Å². The van der Waals surface area contributed by atoms with Gasteiger partial charge in [0.05, 0.1) is 17.4 Å². The average molecular weight is 380 g/mol. The molecular weight excluding hydrogens is 367 g/mol. The van der Waals surface area contributed by atoms with Gasteiger partial charge in [-0.05, 0) is 30.3 Å². The van der Waals surface area contributed by atoms with E-state index in [2.05, 4.69) is 20.5 Å². The molecule has 0 radical (unpaired) electrons. The van der Waals surface area contributed by atoms with Gasteiger partial charge in [0, 0.05) is 17.8 Å². The van der Waals surface area contributed by atoms with Crippen molar-refractivity contribution in [1.82, 2.24) is 15.2 Å². The van der Waals surface area contributed by atoms with E-state index in [0.717, 1.165) is 11.8 Å². The van der Waals surface area contributed by atoms with Crippen LogP contribution in [0.15, 0.2) is 54.7 Å². The van der Waals surface area contributed by atoms with Crippen molar-refractivity contribution in [3.63, 3.8) is 0 Å². The lowest BCUT2D eigenvalue weighted by Crippen LogP contribution is -2.14. The van der Waals surface area contributed by atoms with Crippen molar-refractivity contribution in [1.29, 1.82) is 0 Å². The van der Waals surface area contributed by atoms with Crippen LogP contribution in [0.25, 0.3) is 0 Å². The second-order valence-electron chi connectivity index (χ2n) is 5.35. The third kappa shape index (κ3) is 4.02. The zero-order valence-corrected chi connectivity index (χ0v) is 14.3. The molecule has 0 spiro atoms. The van der Waals surface area contributed by atoms with Gasteiger partial charge in [-0.2, -0.15) is 23.3 Å². The fourth-order valence-electron chi connectivity index (χ4n) is 2.27. The molecular formula is C17H13ClF3N5. The highest BCUT2D eigenvalue weighted by Gasteiger charge is 2.34. The summed E-state index contributed by atoms with van der Waals surface area (Å²) in [6, 6.07) is 12.8. The van der Waals surface area contributed by atoms with E-state index in [4.69, 9.17) is 11.6 Å². The minimum atomic E-state index is -4.57. The molecule has 0 aliphatic carbocycles. The molecule has 1 aromatic heterocycles. The van der Waals surface area contributed by atoms with Gasteiger partial charge in [0.2, 0.25) is 5.95 Å². The minimum absolute atomic E-state index is 0.0144. The van der Waals surface area contributed by atoms with E-state index in [1.54, 1.807) is 11.9 Å². The van der Waals surface area contributed by atoms with Crippen molar-refractivity contribution < 1.29 is 13.2 Å². The van der Waals surface area contributed by atoms with Gasteiger partial charge in [-0.15, -0.1) is 5.10 Å². The van der Waals surface area contributed by atoms with Crippen LogP contribution in [0.4, 0.5) is 36.3 Å². The Morgan fingerprint density at radius 1 is 1.08 bits per heavy atom. The monoisotopic (exact) mass is 379 g/mol. The number of aromatic nitrogens is 3. The molecule has 0 amide bonds. The Hall–Kier alpha value is -2.87. The van der Waals surface area contributed by atoms with Gasteiger partial charge in [0.25, 0.3) is 0 Å². The summed E-state index contributed by atoms with van der Waals surface area (Å²) in [6.07, 6.45) is -3.15. The van der Waals surface area contributed by atoms with Crippen LogP contribution < -0.4 is 10.2 Å². The molecule has 2 aromatic carbocycles. The topological polar surface area (TPSA) is 53.9 Å². The highest BCUT2D eigenvalue weighted by Crippen LogP contribution is 2.37. The lowest BCUT2D eigenvalue weighted by Gasteiger charge is -2.18. The highest BCUT2D eigenvalue weighted by molar-refractivity contribution is 6.30. The molecule has 0 saturated carbocycles. The molecule has 3 aromatic rings. The van der Waals surface area contributed by atoms with Gasteiger partial charge in [-0.25, -0.2) is 0 Å². The van der Waals surface area contributed by atoms with Crippen molar-refractivity contribution in [2.45, 2.75) is 6.18 Å². The predicted octanol–water partition coefficient (Wildman–Crippen LogP) is 5.06. The first-order valence-corrected chi connectivity index (χ1v) is 7.84. The average Bonchev–Trinajstić information content (AvgIpc) is 2.63. The summed E-state index contributed by atoms with van der Waals surface area (Å²) in [5.41, 5.74) is -0.264. The number of alkyl halides is 3. The van der Waals surface area contributed by atoms with Crippen molar-refractivity contribution in [3.8, 4) is 0 Å². The number of para-hydroxylation sites is 1. The van der Waals surface area contributed by atoms with E-state index in [1.807, 2.05) is 30.3 Å². The summed E-state index contributed by atoms with van der Waals surface area (Å²) >= 11 is 5.68. The number of anilines is 4. The number of nitrogens with zero attached hydrogens (tertiary/aromatic N) is 4. The second-order valence-corrected chi connectivity index (χ2v) is 5.78. The highest BCUT2D eigenvalue weighted by atomic mass is 35.5. The lowest BCUT2D eigenvalue weighted by molar-refractivity contribution is -0.136. The normalized spacial score (nSPS) is 11.3. The van der Waals surface area contributed by atoms with E-state index in [-0.39, 0.29) is 16.7 Å². The largest absolute Gasteiger partial charge is 0.418 e. The molecule has 0 bridgehead atoms. The number of rotatable bonds is 4. The molecule has 0 unspecified atom stereocenters. The van der Waals surface area contributed by atoms with Gasteiger partial charge in [0.1, 0.15) is 0 Å². The summed E-state index contributed by atoms with van der Waals surface area (Å²) in [6.45, 7) is 0. The summed E-state index contributed by atoms with van der Waals surface area (Å²) in [7, 11) is 1.77. The number of nitrogens with one attached hydrogen (secondary N) is 1. The first kappa shape index (κ1) is 17.9. The predicted molar refractivity (Wildman–Crippen MR) is 94.1 cm³/mol. The zero-order chi connectivity index (χ0) is 18.7. The Balaban J connectivity index is 1.91. The molecule has 0 aliphatic rings. The number of benzene rings is 2. The zero-order valence-electron chi connectivity index (χ0n) is 13.5. The SMILES string of the molecule is CN(c1ccccc1)c1cnnc(Nc2ccc(Cl)cc2C(F)(F)F)n1. The molecule has 1 N–H and O–H groups in total. The Labute approximate surface area is 152 Å². The van der Waals surface area contributed by atoms with Crippen molar-refractivity contribution >= 4 is 34.7 Å². The first-order chi connectivity index (χ1) is 12.3. The maximum Gasteiger partial charge on any atom is 0.418 e. The Kier molecular flexibility index (Phi) is 4.94. The maximum absolute atomic E-state index is 13.2. The maximum atomic E-state index is 13.2. The molecule has 0 fully saturated rings. The van der Waals surface area contributed by atoms with E-state index < -0.39 is 11.7 Å². The van der Waals surface area contributed by atoms with Gasteiger partial charge in [-0.3, -0.25) is 0 Å². The standard InChI is InChI=1S/C17H13ClF3N5/c1-26(12-5-3-2-4-6-12)15-10-22-25-16(24-15)23-14-8-7-11(18)9-13(14)17(19,20)21/h2-10H,1H3,(H,23,24,25). The van der Waals surface area contributed by atoms with E-state index in [1.165, 1.54) is 18.3 Å². The Morgan fingerprint density at radius 3 is 2.50 bits per heavy atom. The molecule has 0 saturated heterocycles. The van der Waals surface area contributed by atoms with Crippen LogP contribution in [0.2, 0.25) is 5.02 Å². The quantitative estimate of drug-likeness (QED) is 0.687. The second kappa shape index (κ2) is 7.17. The van der Waals surface area contributed by atoms with Crippen LogP contribution in [0.3, 0.4) is 0 Å². The lowest BCUT2D eigenvalue weighted by atomic mass is 10.1. The smallest absolute Gasteiger partial charge is 0.328 e. The molecule has 26 heavy (non-hydrogen) atoms. The molecule has 0 aliphatic heterocycles. The first-order valence-electron chi connectivity index (χ1n) is 7.47. The molecule has 1 heterocycles. The summed E-state index contributed by atoms with van der Waals surface area (Å²) in [5, 5.41) is 10.1.